The van der Waals surface area contributed by atoms with Crippen LogP contribution < -0.4 is 5.32 Å². The number of amides is 1. The second-order valence-electron chi connectivity index (χ2n) is 6.40. The van der Waals surface area contributed by atoms with Crippen LogP contribution in [0.15, 0.2) is 53.4 Å². The van der Waals surface area contributed by atoms with Crippen LogP contribution in [0.2, 0.25) is 0 Å². The van der Waals surface area contributed by atoms with Gasteiger partial charge in [0.1, 0.15) is 0 Å². The lowest BCUT2D eigenvalue weighted by atomic mass is 10.0. The Hall–Kier alpha value is -1.74. The average molecular weight is 325 g/mol. The van der Waals surface area contributed by atoms with Crippen molar-refractivity contribution in [3.63, 3.8) is 0 Å². The molecule has 0 unspecified atom stereocenters. The van der Waals surface area contributed by atoms with Gasteiger partial charge in [0.05, 0.1) is 11.8 Å². The summed E-state index contributed by atoms with van der Waals surface area (Å²) in [7, 11) is 0. The standard InChI is InChI=1S/C20H23NOS/c1-14-3-7-16(8-4-14)20(17-9-10-17)21-19(22)13-23-18-11-5-15(2)6-12-18/h3-8,11-12,17,20H,9-10,13H2,1-2H3,(H,21,22)/t20-/m0/s1. The summed E-state index contributed by atoms with van der Waals surface area (Å²) < 4.78 is 0. The van der Waals surface area contributed by atoms with E-state index in [1.54, 1.807) is 11.8 Å². The van der Waals surface area contributed by atoms with Gasteiger partial charge in [0, 0.05) is 4.90 Å². The molecule has 120 valence electrons. The van der Waals surface area contributed by atoms with Crippen molar-refractivity contribution in [3.05, 3.63) is 65.2 Å². The lowest BCUT2D eigenvalue weighted by Crippen LogP contribution is -2.31. The van der Waals surface area contributed by atoms with Crippen molar-refractivity contribution in [1.82, 2.24) is 5.32 Å². The number of benzene rings is 2. The third-order valence-electron chi connectivity index (χ3n) is 4.24. The molecule has 0 aliphatic heterocycles. The molecule has 0 bridgehead atoms. The van der Waals surface area contributed by atoms with Crippen molar-refractivity contribution in [2.24, 2.45) is 5.92 Å². The van der Waals surface area contributed by atoms with Crippen molar-refractivity contribution in [1.29, 1.82) is 0 Å². The highest BCUT2D eigenvalue weighted by molar-refractivity contribution is 8.00. The van der Waals surface area contributed by atoms with E-state index in [2.05, 4.69) is 67.7 Å². The maximum Gasteiger partial charge on any atom is 0.230 e. The summed E-state index contributed by atoms with van der Waals surface area (Å²) in [6.07, 6.45) is 2.42. The Balaban J connectivity index is 1.58. The Morgan fingerprint density at radius 2 is 1.61 bits per heavy atom. The van der Waals surface area contributed by atoms with Crippen LogP contribution in [-0.2, 0) is 4.79 Å². The highest BCUT2D eigenvalue weighted by atomic mass is 32.2. The van der Waals surface area contributed by atoms with E-state index in [4.69, 9.17) is 0 Å². The number of nitrogens with one attached hydrogen (secondary N) is 1. The molecule has 0 saturated heterocycles. The first-order valence-electron chi connectivity index (χ1n) is 8.17. The fourth-order valence-corrected chi connectivity index (χ4v) is 3.38. The van der Waals surface area contributed by atoms with E-state index in [9.17, 15) is 4.79 Å². The van der Waals surface area contributed by atoms with E-state index in [1.807, 2.05) is 0 Å². The average Bonchev–Trinajstić information content (AvgIpc) is 3.38. The largest absolute Gasteiger partial charge is 0.348 e. The zero-order valence-electron chi connectivity index (χ0n) is 13.7. The molecule has 1 aliphatic carbocycles. The van der Waals surface area contributed by atoms with Crippen LogP contribution in [0.25, 0.3) is 0 Å². The van der Waals surface area contributed by atoms with E-state index >= 15 is 0 Å². The molecule has 0 heterocycles. The van der Waals surface area contributed by atoms with Gasteiger partial charge in [0.2, 0.25) is 5.91 Å². The summed E-state index contributed by atoms with van der Waals surface area (Å²) in [5.41, 5.74) is 3.73. The quantitative estimate of drug-likeness (QED) is 0.782. The maximum atomic E-state index is 12.3. The van der Waals surface area contributed by atoms with Gasteiger partial charge in [0.25, 0.3) is 0 Å². The first-order valence-corrected chi connectivity index (χ1v) is 9.16. The van der Waals surface area contributed by atoms with Crippen molar-refractivity contribution >= 4 is 17.7 Å². The molecule has 1 saturated carbocycles. The van der Waals surface area contributed by atoms with Crippen LogP contribution in [0.5, 0.6) is 0 Å². The molecule has 1 atom stereocenters. The SMILES string of the molecule is Cc1ccc(SCC(=O)N[C@@H](c2ccc(C)cc2)C2CC2)cc1. The fraction of sp³-hybridized carbons (Fsp3) is 0.350. The Morgan fingerprint density at radius 1 is 1.04 bits per heavy atom. The van der Waals surface area contributed by atoms with Gasteiger partial charge in [-0.3, -0.25) is 4.79 Å². The Labute approximate surface area is 142 Å². The molecule has 3 rings (SSSR count). The highest BCUT2D eigenvalue weighted by Crippen LogP contribution is 2.41. The monoisotopic (exact) mass is 325 g/mol. The number of carbonyl (C=O) groups is 1. The number of thioether (sulfide) groups is 1. The van der Waals surface area contributed by atoms with E-state index in [-0.39, 0.29) is 11.9 Å². The number of aryl methyl sites for hydroxylation is 2. The van der Waals surface area contributed by atoms with Gasteiger partial charge < -0.3 is 5.32 Å². The van der Waals surface area contributed by atoms with E-state index < -0.39 is 0 Å². The summed E-state index contributed by atoms with van der Waals surface area (Å²) in [6, 6.07) is 17.0. The molecule has 1 N–H and O–H groups in total. The molecular weight excluding hydrogens is 302 g/mol. The van der Waals surface area contributed by atoms with Crippen molar-refractivity contribution in [2.45, 2.75) is 37.6 Å². The second-order valence-corrected chi connectivity index (χ2v) is 7.44. The van der Waals surface area contributed by atoms with Crippen molar-refractivity contribution in [2.75, 3.05) is 5.75 Å². The van der Waals surface area contributed by atoms with Gasteiger partial charge in [-0.15, -0.1) is 11.8 Å². The third-order valence-corrected chi connectivity index (χ3v) is 5.25. The summed E-state index contributed by atoms with van der Waals surface area (Å²) in [5.74, 6) is 1.19. The molecule has 23 heavy (non-hydrogen) atoms. The van der Waals surface area contributed by atoms with E-state index in [1.165, 1.54) is 29.5 Å². The van der Waals surface area contributed by atoms with Crippen LogP contribution >= 0.6 is 11.8 Å². The summed E-state index contributed by atoms with van der Waals surface area (Å²) in [4.78, 5) is 13.5. The van der Waals surface area contributed by atoms with Gasteiger partial charge in [-0.05, 0) is 50.3 Å². The fourth-order valence-electron chi connectivity index (χ4n) is 2.68. The van der Waals surface area contributed by atoms with Crippen LogP contribution in [0, 0.1) is 19.8 Å². The predicted molar refractivity (Wildman–Crippen MR) is 96.7 cm³/mol. The molecule has 0 spiro atoms. The van der Waals surface area contributed by atoms with Crippen molar-refractivity contribution < 1.29 is 4.79 Å². The summed E-state index contributed by atoms with van der Waals surface area (Å²) in [5, 5.41) is 3.24. The van der Waals surface area contributed by atoms with Gasteiger partial charge in [-0.1, -0.05) is 47.5 Å². The van der Waals surface area contributed by atoms with E-state index in [0.717, 1.165) is 4.90 Å². The topological polar surface area (TPSA) is 29.1 Å². The molecule has 1 amide bonds. The molecule has 3 heteroatoms. The van der Waals surface area contributed by atoms with Gasteiger partial charge in [-0.25, -0.2) is 0 Å². The molecule has 1 aliphatic rings. The third kappa shape index (κ3) is 4.61. The molecule has 0 aromatic heterocycles. The molecule has 2 nitrogen and oxygen atoms in total. The number of hydrogen-bond acceptors (Lipinski definition) is 2. The van der Waals surface area contributed by atoms with Crippen LogP contribution in [-0.4, -0.2) is 11.7 Å². The second kappa shape index (κ2) is 7.22. The van der Waals surface area contributed by atoms with Crippen molar-refractivity contribution in [3.8, 4) is 0 Å². The number of hydrogen-bond donors (Lipinski definition) is 1. The molecule has 2 aromatic carbocycles. The first-order chi connectivity index (χ1) is 11.1. The summed E-state index contributed by atoms with van der Waals surface area (Å²) >= 11 is 1.60. The maximum absolute atomic E-state index is 12.3. The van der Waals surface area contributed by atoms with Gasteiger partial charge >= 0.3 is 0 Å². The van der Waals surface area contributed by atoms with Gasteiger partial charge in [-0.2, -0.15) is 0 Å². The molecular formula is C20H23NOS. The minimum absolute atomic E-state index is 0.119. The predicted octanol–water partition coefficient (Wildman–Crippen LogP) is 4.66. The minimum atomic E-state index is 0.119. The smallest absolute Gasteiger partial charge is 0.230 e. The summed E-state index contributed by atoms with van der Waals surface area (Å²) in [6.45, 7) is 4.16. The molecule has 2 aromatic rings. The lowest BCUT2D eigenvalue weighted by molar-refractivity contribution is -0.119. The van der Waals surface area contributed by atoms with Crippen LogP contribution in [0.3, 0.4) is 0 Å². The lowest BCUT2D eigenvalue weighted by Gasteiger charge is -2.19. The Morgan fingerprint density at radius 3 is 2.17 bits per heavy atom. The normalized spacial score (nSPS) is 15.2. The molecule has 1 fully saturated rings. The molecule has 0 radical (unpaired) electrons. The number of rotatable bonds is 6. The van der Waals surface area contributed by atoms with Crippen LogP contribution in [0.4, 0.5) is 0 Å². The van der Waals surface area contributed by atoms with Gasteiger partial charge in [0.15, 0.2) is 0 Å². The Kier molecular flexibility index (Phi) is 5.06. The first kappa shape index (κ1) is 16.1. The highest BCUT2D eigenvalue weighted by Gasteiger charge is 2.33. The zero-order valence-corrected chi connectivity index (χ0v) is 14.5. The van der Waals surface area contributed by atoms with Crippen LogP contribution in [0.1, 0.15) is 35.6 Å². The Bertz CT molecular complexity index is 659. The van der Waals surface area contributed by atoms with E-state index in [0.29, 0.717) is 11.7 Å². The minimum Gasteiger partial charge on any atom is -0.348 e. The zero-order chi connectivity index (χ0) is 16.2. The number of carbonyl (C=O) groups excluding carboxylic acids is 1.